The number of ether oxygens (including phenoxy) is 2. The van der Waals surface area contributed by atoms with Crippen LogP contribution in [0.15, 0.2) is 42.5 Å². The van der Waals surface area contributed by atoms with Gasteiger partial charge in [-0.2, -0.15) is 0 Å². The average molecular weight is 373 g/mol. The fourth-order valence-corrected chi connectivity index (χ4v) is 2.91. The van der Waals surface area contributed by atoms with Crippen LogP contribution < -0.4 is 25.0 Å². The summed E-state index contributed by atoms with van der Waals surface area (Å²) >= 11 is 0. The Bertz CT molecular complexity index is 841. The van der Waals surface area contributed by atoms with Crippen molar-refractivity contribution in [1.29, 1.82) is 0 Å². The molecule has 1 atom stereocenters. The number of carbonyl (C=O) groups is 2. The molecule has 1 heterocycles. The van der Waals surface area contributed by atoms with Crippen LogP contribution in [0.3, 0.4) is 0 Å². The molecule has 3 amide bonds. The second kappa shape index (κ2) is 7.94. The molecule has 0 radical (unpaired) electrons. The maximum Gasteiger partial charge on any atom is 0.319 e. The molecule has 2 aromatic carbocycles. The molecule has 7 nitrogen and oxygen atoms in total. The molecular weight excluding hydrogens is 353 g/mol. The number of hydrogen-bond donors (Lipinski definition) is 2. The molecule has 8 heteroatoms. The standard InChI is InChI=1S/C19H20FN3O4/c1-26-14-7-8-15(17(11-14)27-2)21-19(25)22-16-9-10-23(18(16)24)13-5-3-12(20)4-6-13/h3-8,11,16H,9-10H2,1-2H3,(H2,21,22,25)/t16-/m0/s1. The molecular formula is C19H20FN3O4. The van der Waals surface area contributed by atoms with Crippen molar-refractivity contribution in [2.75, 3.05) is 31.0 Å². The number of anilines is 2. The number of amides is 3. The number of rotatable bonds is 5. The molecule has 0 saturated carbocycles. The molecule has 0 spiro atoms. The summed E-state index contributed by atoms with van der Waals surface area (Å²) in [5, 5.41) is 5.34. The Hall–Kier alpha value is -3.29. The number of hydrogen-bond acceptors (Lipinski definition) is 4. The van der Waals surface area contributed by atoms with E-state index in [0.29, 0.717) is 35.8 Å². The van der Waals surface area contributed by atoms with E-state index in [1.165, 1.54) is 43.4 Å². The Balaban J connectivity index is 1.63. The number of urea groups is 1. The van der Waals surface area contributed by atoms with Crippen molar-refractivity contribution in [1.82, 2.24) is 5.32 Å². The summed E-state index contributed by atoms with van der Waals surface area (Å²) in [6.07, 6.45) is 0.462. The van der Waals surface area contributed by atoms with E-state index in [-0.39, 0.29) is 11.7 Å². The summed E-state index contributed by atoms with van der Waals surface area (Å²) < 4.78 is 23.4. The average Bonchev–Trinajstić information content (AvgIpc) is 3.03. The third-order valence-corrected chi connectivity index (χ3v) is 4.31. The molecule has 3 rings (SSSR count). The van der Waals surface area contributed by atoms with E-state index in [0.717, 1.165) is 0 Å². The van der Waals surface area contributed by atoms with Gasteiger partial charge in [-0.25, -0.2) is 9.18 Å². The zero-order valence-electron chi connectivity index (χ0n) is 15.0. The van der Waals surface area contributed by atoms with Crippen LogP contribution in [-0.2, 0) is 4.79 Å². The number of methoxy groups -OCH3 is 2. The maximum atomic E-state index is 13.0. The summed E-state index contributed by atoms with van der Waals surface area (Å²) in [6.45, 7) is 0.446. The molecule has 0 aromatic heterocycles. The molecule has 0 aliphatic carbocycles. The number of nitrogens with zero attached hydrogens (tertiary/aromatic N) is 1. The summed E-state index contributed by atoms with van der Waals surface area (Å²) in [6, 6.07) is 9.49. The Labute approximate surface area is 156 Å². The highest BCUT2D eigenvalue weighted by Crippen LogP contribution is 2.29. The van der Waals surface area contributed by atoms with E-state index in [1.807, 2.05) is 0 Å². The van der Waals surface area contributed by atoms with E-state index in [2.05, 4.69) is 10.6 Å². The topological polar surface area (TPSA) is 79.9 Å². The van der Waals surface area contributed by atoms with Crippen molar-refractivity contribution in [2.24, 2.45) is 0 Å². The first-order valence-electron chi connectivity index (χ1n) is 8.38. The van der Waals surface area contributed by atoms with Crippen LogP contribution in [-0.4, -0.2) is 38.7 Å². The first-order chi connectivity index (χ1) is 13.0. The minimum Gasteiger partial charge on any atom is -0.497 e. The zero-order valence-corrected chi connectivity index (χ0v) is 15.0. The summed E-state index contributed by atoms with van der Waals surface area (Å²) in [5.74, 6) is 0.431. The highest BCUT2D eigenvalue weighted by molar-refractivity contribution is 6.02. The van der Waals surface area contributed by atoms with Crippen molar-refractivity contribution < 1.29 is 23.5 Å². The minimum absolute atomic E-state index is 0.238. The molecule has 1 aliphatic rings. The van der Waals surface area contributed by atoms with Gasteiger partial charge in [0.2, 0.25) is 5.91 Å². The first kappa shape index (κ1) is 18.5. The molecule has 2 N–H and O–H groups in total. The monoisotopic (exact) mass is 373 g/mol. The van der Waals surface area contributed by atoms with Crippen LogP contribution in [0.4, 0.5) is 20.6 Å². The van der Waals surface area contributed by atoms with Gasteiger partial charge in [-0.1, -0.05) is 0 Å². The minimum atomic E-state index is -0.653. The predicted molar refractivity (Wildman–Crippen MR) is 98.9 cm³/mol. The molecule has 142 valence electrons. The van der Waals surface area contributed by atoms with Crippen molar-refractivity contribution >= 4 is 23.3 Å². The second-order valence-electron chi connectivity index (χ2n) is 5.97. The molecule has 1 fully saturated rings. The van der Waals surface area contributed by atoms with Gasteiger partial charge >= 0.3 is 6.03 Å². The number of halogens is 1. The summed E-state index contributed by atoms with van der Waals surface area (Å²) in [7, 11) is 3.02. The summed E-state index contributed by atoms with van der Waals surface area (Å²) in [4.78, 5) is 26.4. The Morgan fingerprint density at radius 1 is 1.15 bits per heavy atom. The van der Waals surface area contributed by atoms with Gasteiger partial charge in [0.05, 0.1) is 19.9 Å². The van der Waals surface area contributed by atoms with Crippen molar-refractivity contribution in [3.05, 3.63) is 48.3 Å². The lowest BCUT2D eigenvalue weighted by Crippen LogP contribution is -2.43. The number of carbonyl (C=O) groups excluding carboxylic acids is 2. The van der Waals surface area contributed by atoms with Crippen molar-refractivity contribution in [3.8, 4) is 11.5 Å². The van der Waals surface area contributed by atoms with Crippen LogP contribution in [0.1, 0.15) is 6.42 Å². The normalized spacial score (nSPS) is 16.2. The number of benzene rings is 2. The van der Waals surface area contributed by atoms with Gasteiger partial charge in [0, 0.05) is 18.3 Å². The lowest BCUT2D eigenvalue weighted by molar-refractivity contribution is -0.118. The van der Waals surface area contributed by atoms with Gasteiger partial charge in [0.1, 0.15) is 23.4 Å². The van der Waals surface area contributed by atoms with E-state index >= 15 is 0 Å². The van der Waals surface area contributed by atoms with Crippen LogP contribution in [0.2, 0.25) is 0 Å². The quantitative estimate of drug-likeness (QED) is 0.845. The maximum absolute atomic E-state index is 13.0. The second-order valence-corrected chi connectivity index (χ2v) is 5.97. The van der Waals surface area contributed by atoms with Gasteiger partial charge in [-0.15, -0.1) is 0 Å². The van der Waals surface area contributed by atoms with Gasteiger partial charge in [0.25, 0.3) is 0 Å². The third kappa shape index (κ3) is 4.11. The lowest BCUT2D eigenvalue weighted by Gasteiger charge is -2.18. The first-order valence-corrected chi connectivity index (χ1v) is 8.38. The van der Waals surface area contributed by atoms with E-state index in [1.54, 1.807) is 18.2 Å². The smallest absolute Gasteiger partial charge is 0.319 e. The number of nitrogens with one attached hydrogen (secondary N) is 2. The largest absolute Gasteiger partial charge is 0.497 e. The van der Waals surface area contributed by atoms with Crippen molar-refractivity contribution in [3.63, 3.8) is 0 Å². The van der Waals surface area contributed by atoms with Crippen molar-refractivity contribution in [2.45, 2.75) is 12.5 Å². The van der Waals surface area contributed by atoms with Crippen LogP contribution >= 0.6 is 0 Å². The van der Waals surface area contributed by atoms with Crippen LogP contribution in [0.25, 0.3) is 0 Å². The molecule has 0 unspecified atom stereocenters. The SMILES string of the molecule is COc1ccc(NC(=O)N[C@H]2CCN(c3ccc(F)cc3)C2=O)c(OC)c1. The highest BCUT2D eigenvalue weighted by Gasteiger charge is 2.33. The van der Waals surface area contributed by atoms with Gasteiger partial charge in [-0.3, -0.25) is 4.79 Å². The fraction of sp³-hybridized carbons (Fsp3) is 0.263. The fourth-order valence-electron chi connectivity index (χ4n) is 2.91. The van der Waals surface area contributed by atoms with Gasteiger partial charge < -0.3 is 25.0 Å². The lowest BCUT2D eigenvalue weighted by atomic mass is 10.2. The van der Waals surface area contributed by atoms with E-state index < -0.39 is 12.1 Å². The molecule has 1 aliphatic heterocycles. The molecule has 27 heavy (non-hydrogen) atoms. The van der Waals surface area contributed by atoms with Crippen LogP contribution in [0.5, 0.6) is 11.5 Å². The Morgan fingerprint density at radius 2 is 1.89 bits per heavy atom. The third-order valence-electron chi connectivity index (χ3n) is 4.31. The Kier molecular flexibility index (Phi) is 5.44. The van der Waals surface area contributed by atoms with Crippen LogP contribution in [0, 0.1) is 5.82 Å². The Morgan fingerprint density at radius 3 is 2.56 bits per heavy atom. The predicted octanol–water partition coefficient (Wildman–Crippen LogP) is 2.77. The van der Waals surface area contributed by atoms with E-state index in [9.17, 15) is 14.0 Å². The molecule has 1 saturated heterocycles. The molecule has 0 bridgehead atoms. The van der Waals surface area contributed by atoms with Gasteiger partial charge in [-0.05, 0) is 42.8 Å². The van der Waals surface area contributed by atoms with E-state index in [4.69, 9.17) is 9.47 Å². The summed E-state index contributed by atoms with van der Waals surface area (Å²) in [5.41, 5.74) is 1.06. The van der Waals surface area contributed by atoms with Gasteiger partial charge in [0.15, 0.2) is 0 Å². The highest BCUT2D eigenvalue weighted by atomic mass is 19.1. The molecule has 2 aromatic rings. The zero-order chi connectivity index (χ0) is 19.4.